The van der Waals surface area contributed by atoms with E-state index in [0.717, 1.165) is 15.9 Å². The third-order valence-corrected chi connectivity index (χ3v) is 4.80. The molecule has 0 saturated carbocycles. The molecule has 0 N–H and O–H groups in total. The van der Waals surface area contributed by atoms with E-state index in [0.29, 0.717) is 21.4 Å². The summed E-state index contributed by atoms with van der Waals surface area (Å²) in [6, 6.07) is 12.6. The first-order valence-corrected chi connectivity index (χ1v) is 8.63. The van der Waals surface area contributed by atoms with Crippen molar-refractivity contribution < 1.29 is 4.79 Å². The van der Waals surface area contributed by atoms with Gasteiger partial charge in [-0.2, -0.15) is 0 Å². The number of para-hydroxylation sites is 1. The van der Waals surface area contributed by atoms with Gasteiger partial charge in [-0.15, -0.1) is 0 Å². The molecule has 3 rings (SSSR count). The van der Waals surface area contributed by atoms with Crippen LogP contribution < -0.4 is 0 Å². The summed E-state index contributed by atoms with van der Waals surface area (Å²) in [6.07, 6.45) is 0. The van der Waals surface area contributed by atoms with Gasteiger partial charge in [-0.05, 0) is 31.2 Å². The summed E-state index contributed by atoms with van der Waals surface area (Å²) in [7, 11) is 0. The second kappa shape index (κ2) is 6.87. The van der Waals surface area contributed by atoms with Gasteiger partial charge in [-0.25, -0.2) is 9.97 Å². The molecule has 6 heteroatoms. The van der Waals surface area contributed by atoms with Gasteiger partial charge >= 0.3 is 0 Å². The van der Waals surface area contributed by atoms with E-state index in [2.05, 4.69) is 9.97 Å². The number of aryl methyl sites for hydroxylation is 1. The van der Waals surface area contributed by atoms with Crippen LogP contribution in [0.25, 0.3) is 10.9 Å². The second-order valence-electron chi connectivity index (χ2n) is 4.93. The number of carbonyl (C=O) groups excluding carboxylic acids is 1. The van der Waals surface area contributed by atoms with Crippen molar-refractivity contribution in [1.29, 1.82) is 0 Å². The number of aromatic nitrogens is 2. The first kappa shape index (κ1) is 16.2. The Kier molecular flexibility index (Phi) is 4.85. The molecule has 1 aromatic heterocycles. The fourth-order valence-corrected chi connectivity index (χ4v) is 3.53. The van der Waals surface area contributed by atoms with E-state index < -0.39 is 0 Å². The number of Topliss-reactive ketones (excluding diaryl/α,β-unsaturated/α-hetero) is 1. The van der Waals surface area contributed by atoms with Crippen molar-refractivity contribution in [2.24, 2.45) is 0 Å². The number of nitrogens with zero attached hydrogens (tertiary/aromatic N) is 2. The molecule has 1 heterocycles. The minimum absolute atomic E-state index is 0.0807. The molecular formula is C17H12Cl2N2OS. The van der Waals surface area contributed by atoms with Crippen LogP contribution in [-0.4, -0.2) is 21.5 Å². The first-order chi connectivity index (χ1) is 11.0. The average molecular weight is 363 g/mol. The second-order valence-corrected chi connectivity index (χ2v) is 6.74. The van der Waals surface area contributed by atoms with Gasteiger partial charge in [-0.3, -0.25) is 4.79 Å². The van der Waals surface area contributed by atoms with E-state index >= 15 is 0 Å². The highest BCUT2D eigenvalue weighted by Crippen LogP contribution is 2.27. The van der Waals surface area contributed by atoms with Crippen LogP contribution >= 0.6 is 35.0 Å². The molecule has 0 bridgehead atoms. The maximum absolute atomic E-state index is 12.4. The molecule has 0 aliphatic carbocycles. The summed E-state index contributed by atoms with van der Waals surface area (Å²) in [4.78, 5) is 21.3. The molecular weight excluding hydrogens is 351 g/mol. The molecule has 0 amide bonds. The van der Waals surface area contributed by atoms with Crippen molar-refractivity contribution in [2.75, 3.05) is 5.75 Å². The van der Waals surface area contributed by atoms with Crippen LogP contribution in [0.5, 0.6) is 0 Å². The Morgan fingerprint density at radius 2 is 1.91 bits per heavy atom. The van der Waals surface area contributed by atoms with E-state index in [9.17, 15) is 4.79 Å². The lowest BCUT2D eigenvalue weighted by molar-refractivity contribution is 0.102. The minimum Gasteiger partial charge on any atom is -0.293 e. The van der Waals surface area contributed by atoms with Crippen molar-refractivity contribution in [3.05, 3.63) is 63.9 Å². The highest BCUT2D eigenvalue weighted by Gasteiger charge is 2.14. The lowest BCUT2D eigenvalue weighted by atomic mass is 10.1. The van der Waals surface area contributed by atoms with E-state index in [-0.39, 0.29) is 11.5 Å². The Morgan fingerprint density at radius 3 is 2.74 bits per heavy atom. The average Bonchev–Trinajstić information content (AvgIpc) is 2.54. The number of fused-ring (bicyclic) bond motifs is 1. The third-order valence-electron chi connectivity index (χ3n) is 3.25. The van der Waals surface area contributed by atoms with Gasteiger partial charge in [0.15, 0.2) is 5.78 Å². The highest BCUT2D eigenvalue weighted by atomic mass is 35.5. The first-order valence-electron chi connectivity index (χ1n) is 6.89. The number of hydrogen-bond acceptors (Lipinski definition) is 4. The van der Waals surface area contributed by atoms with Crippen molar-refractivity contribution in [3.63, 3.8) is 0 Å². The summed E-state index contributed by atoms with van der Waals surface area (Å²) >= 11 is 13.4. The van der Waals surface area contributed by atoms with E-state index in [4.69, 9.17) is 23.2 Å². The number of carbonyl (C=O) groups is 1. The van der Waals surface area contributed by atoms with E-state index in [1.165, 1.54) is 11.8 Å². The molecule has 0 unspecified atom stereocenters. The smallest absolute Gasteiger partial charge is 0.174 e. The normalized spacial score (nSPS) is 10.9. The molecule has 0 atom stereocenters. The van der Waals surface area contributed by atoms with Crippen LogP contribution in [0.15, 0.2) is 47.5 Å². The SMILES string of the molecule is Cc1nc(SCC(=O)c2cc(Cl)ccc2Cl)c2ccccc2n1. The molecule has 0 saturated heterocycles. The van der Waals surface area contributed by atoms with Gasteiger partial charge in [0.2, 0.25) is 0 Å². The fourth-order valence-electron chi connectivity index (χ4n) is 2.19. The summed E-state index contributed by atoms with van der Waals surface area (Å²) < 4.78 is 0. The zero-order valence-electron chi connectivity index (χ0n) is 12.2. The van der Waals surface area contributed by atoms with Crippen LogP contribution in [0.3, 0.4) is 0 Å². The third kappa shape index (κ3) is 3.66. The summed E-state index contributed by atoms with van der Waals surface area (Å²) in [5.41, 5.74) is 1.30. The maximum atomic E-state index is 12.4. The van der Waals surface area contributed by atoms with E-state index in [1.54, 1.807) is 18.2 Å². The molecule has 3 nitrogen and oxygen atoms in total. The van der Waals surface area contributed by atoms with Crippen molar-refractivity contribution in [1.82, 2.24) is 9.97 Å². The molecule has 116 valence electrons. The Bertz CT molecular complexity index is 899. The van der Waals surface area contributed by atoms with Crippen molar-refractivity contribution >= 4 is 51.6 Å². The Balaban J connectivity index is 1.86. The topological polar surface area (TPSA) is 42.9 Å². The standard InChI is InChI=1S/C17H12Cl2N2OS/c1-10-20-15-5-3-2-4-12(15)17(21-10)23-9-16(22)13-8-11(18)6-7-14(13)19/h2-8H,9H2,1H3. The molecule has 0 aliphatic heterocycles. The predicted octanol–water partition coefficient (Wildman–Crippen LogP) is 5.22. The summed E-state index contributed by atoms with van der Waals surface area (Å²) in [5.74, 6) is 0.836. The van der Waals surface area contributed by atoms with Crippen molar-refractivity contribution in [2.45, 2.75) is 11.9 Å². The van der Waals surface area contributed by atoms with Crippen LogP contribution in [0.4, 0.5) is 0 Å². The summed E-state index contributed by atoms with van der Waals surface area (Å²) in [5, 5.41) is 2.63. The number of halogens is 2. The zero-order chi connectivity index (χ0) is 16.4. The lowest BCUT2D eigenvalue weighted by Crippen LogP contribution is -2.04. The Morgan fingerprint density at radius 1 is 1.13 bits per heavy atom. The monoisotopic (exact) mass is 362 g/mol. The largest absolute Gasteiger partial charge is 0.293 e. The molecule has 3 aromatic rings. The molecule has 23 heavy (non-hydrogen) atoms. The Hall–Kier alpha value is -1.62. The quantitative estimate of drug-likeness (QED) is 0.362. The molecule has 0 radical (unpaired) electrons. The van der Waals surface area contributed by atoms with E-state index in [1.807, 2.05) is 31.2 Å². The fraction of sp³-hybridized carbons (Fsp3) is 0.118. The number of thioether (sulfide) groups is 1. The number of rotatable bonds is 4. The van der Waals surface area contributed by atoms with Crippen LogP contribution in [0.2, 0.25) is 10.0 Å². The lowest BCUT2D eigenvalue weighted by Gasteiger charge is -2.07. The van der Waals surface area contributed by atoms with Gasteiger partial charge in [0.1, 0.15) is 10.9 Å². The Labute approximate surface area is 148 Å². The number of benzene rings is 2. The van der Waals surface area contributed by atoms with Gasteiger partial charge < -0.3 is 0 Å². The minimum atomic E-state index is -0.0807. The van der Waals surface area contributed by atoms with Gasteiger partial charge in [0.05, 0.1) is 16.3 Å². The van der Waals surface area contributed by atoms with Crippen LogP contribution in [0.1, 0.15) is 16.2 Å². The number of ketones is 1. The van der Waals surface area contributed by atoms with Crippen LogP contribution in [0, 0.1) is 6.92 Å². The van der Waals surface area contributed by atoms with Crippen molar-refractivity contribution in [3.8, 4) is 0 Å². The maximum Gasteiger partial charge on any atom is 0.174 e. The zero-order valence-corrected chi connectivity index (χ0v) is 14.5. The van der Waals surface area contributed by atoms with Crippen LogP contribution in [-0.2, 0) is 0 Å². The molecule has 0 fully saturated rings. The highest BCUT2D eigenvalue weighted by molar-refractivity contribution is 8.00. The molecule has 0 spiro atoms. The molecule has 0 aliphatic rings. The van der Waals surface area contributed by atoms with Gasteiger partial charge in [-0.1, -0.05) is 53.2 Å². The molecule has 2 aromatic carbocycles. The van der Waals surface area contributed by atoms with Gasteiger partial charge in [0.25, 0.3) is 0 Å². The summed E-state index contributed by atoms with van der Waals surface area (Å²) in [6.45, 7) is 1.84. The van der Waals surface area contributed by atoms with Gasteiger partial charge in [0, 0.05) is 16.0 Å². The number of hydrogen-bond donors (Lipinski definition) is 0. The predicted molar refractivity (Wildman–Crippen MR) is 95.8 cm³/mol.